The van der Waals surface area contributed by atoms with Crippen LogP contribution in [0.5, 0.6) is 0 Å². The van der Waals surface area contributed by atoms with Gasteiger partial charge in [0.15, 0.2) is 0 Å². The summed E-state index contributed by atoms with van der Waals surface area (Å²) >= 11 is 0. The molecule has 2 aromatic rings. The molecule has 0 heterocycles. The van der Waals surface area contributed by atoms with Crippen LogP contribution in [0.15, 0.2) is 36.4 Å². The maximum Gasteiger partial charge on any atom is 0.253 e. The van der Waals surface area contributed by atoms with Gasteiger partial charge < -0.3 is 25.2 Å². The van der Waals surface area contributed by atoms with Crippen LogP contribution < -0.4 is 5.32 Å². The molecule has 0 bridgehead atoms. The zero-order chi connectivity index (χ0) is 31.9. The smallest absolute Gasteiger partial charge is 0.253 e. The van der Waals surface area contributed by atoms with E-state index in [1.807, 2.05) is 13.8 Å². The second kappa shape index (κ2) is 18.7. The lowest BCUT2D eigenvalue weighted by Crippen LogP contribution is -2.51. The summed E-state index contributed by atoms with van der Waals surface area (Å²) in [7, 11) is 0. The molecule has 0 aliphatic carbocycles. The predicted octanol–water partition coefficient (Wildman–Crippen LogP) is 5.83. The molecule has 0 aliphatic heterocycles. The van der Waals surface area contributed by atoms with Crippen molar-refractivity contribution < 1.29 is 33.3 Å². The Labute approximate surface area is 255 Å². The van der Waals surface area contributed by atoms with Crippen LogP contribution >= 0.6 is 0 Å². The van der Waals surface area contributed by atoms with Gasteiger partial charge in [0.2, 0.25) is 0 Å². The number of aliphatic hydroxyl groups is 2. The van der Waals surface area contributed by atoms with E-state index >= 15 is 0 Å². The van der Waals surface area contributed by atoms with Crippen molar-refractivity contribution in [3.63, 3.8) is 0 Å². The van der Waals surface area contributed by atoms with Gasteiger partial charge in [-0.25, -0.2) is 8.78 Å². The van der Waals surface area contributed by atoms with E-state index < -0.39 is 35.8 Å². The van der Waals surface area contributed by atoms with Gasteiger partial charge in [0.1, 0.15) is 23.8 Å². The minimum atomic E-state index is -1.50. The number of carbonyl (C=O) groups excluding carboxylic acids is 2. The maximum atomic E-state index is 14.0. The first-order valence-corrected chi connectivity index (χ1v) is 15.6. The quantitative estimate of drug-likeness (QED) is 0.175. The molecule has 0 saturated heterocycles. The van der Waals surface area contributed by atoms with E-state index in [0.29, 0.717) is 30.8 Å². The van der Waals surface area contributed by atoms with Gasteiger partial charge in [0.05, 0.1) is 12.6 Å². The molecule has 0 aliphatic rings. The first-order valence-electron chi connectivity index (χ1n) is 15.6. The van der Waals surface area contributed by atoms with Crippen LogP contribution in [-0.4, -0.2) is 71.5 Å². The number of rotatable bonds is 19. The van der Waals surface area contributed by atoms with Gasteiger partial charge in [-0.3, -0.25) is 9.59 Å². The number of hydrogen-bond acceptors (Lipinski definition) is 5. The van der Waals surface area contributed by atoms with Crippen molar-refractivity contribution in [1.82, 2.24) is 10.2 Å². The average Bonchev–Trinajstić information content (AvgIpc) is 2.95. The van der Waals surface area contributed by atoms with Crippen LogP contribution in [0.25, 0.3) is 0 Å². The number of unbranched alkanes of at least 4 members (excludes halogenated alkanes) is 2. The zero-order valence-corrected chi connectivity index (χ0v) is 26.4. The lowest BCUT2D eigenvalue weighted by molar-refractivity contribution is -0.0556. The molecule has 0 fully saturated rings. The summed E-state index contributed by atoms with van der Waals surface area (Å²) in [5.74, 6) is -2.06. The molecule has 0 radical (unpaired) electrons. The summed E-state index contributed by atoms with van der Waals surface area (Å²) in [4.78, 5) is 28.5. The normalized spacial score (nSPS) is 14.2. The van der Waals surface area contributed by atoms with Gasteiger partial charge in [-0.15, -0.1) is 0 Å². The Bertz CT molecular complexity index is 1140. The molecule has 2 amide bonds. The second-order valence-electron chi connectivity index (χ2n) is 11.6. The van der Waals surface area contributed by atoms with E-state index in [0.717, 1.165) is 56.7 Å². The second-order valence-corrected chi connectivity index (χ2v) is 11.6. The third-order valence-corrected chi connectivity index (χ3v) is 7.35. The molecule has 43 heavy (non-hydrogen) atoms. The van der Waals surface area contributed by atoms with Gasteiger partial charge in [-0.1, -0.05) is 47.0 Å². The number of nitrogens with one attached hydrogen (secondary N) is 1. The number of amides is 2. The summed E-state index contributed by atoms with van der Waals surface area (Å²) in [5, 5.41) is 24.6. The molecule has 2 aromatic carbocycles. The number of ether oxygens (including phenoxy) is 1. The minimum Gasteiger partial charge on any atom is -0.388 e. The van der Waals surface area contributed by atoms with E-state index in [1.54, 1.807) is 24.0 Å². The third-order valence-electron chi connectivity index (χ3n) is 7.35. The highest BCUT2D eigenvalue weighted by molar-refractivity contribution is 6.00. The first-order chi connectivity index (χ1) is 20.5. The van der Waals surface area contributed by atoms with Crippen LogP contribution in [0.4, 0.5) is 8.78 Å². The first kappa shape index (κ1) is 36.3. The Morgan fingerprint density at radius 1 is 0.884 bits per heavy atom. The number of aliphatic hydroxyl groups excluding tert-OH is 2. The summed E-state index contributed by atoms with van der Waals surface area (Å²) < 4.78 is 33.6. The summed E-state index contributed by atoms with van der Waals surface area (Å²) in [6.45, 7) is 11.4. The van der Waals surface area contributed by atoms with E-state index in [1.165, 1.54) is 6.07 Å². The monoisotopic (exact) mass is 604 g/mol. The summed E-state index contributed by atoms with van der Waals surface area (Å²) in [6.07, 6.45) is 2.93. The maximum absolute atomic E-state index is 14.0. The SMILES string of the molecule is CCCCCC(C)COCC(O)[C@H](O)[C@H](Cc1cc(F)cc(F)c1)NC(=O)c1cc(C)cc(C(=O)N(CCC)CCC)c1. The Morgan fingerprint density at radius 2 is 1.51 bits per heavy atom. The van der Waals surface area contributed by atoms with Crippen molar-refractivity contribution in [2.24, 2.45) is 5.92 Å². The van der Waals surface area contributed by atoms with Gasteiger partial charge in [-0.05, 0) is 80.0 Å². The zero-order valence-electron chi connectivity index (χ0n) is 26.4. The average molecular weight is 605 g/mol. The molecule has 3 N–H and O–H groups in total. The van der Waals surface area contributed by atoms with Gasteiger partial charge in [-0.2, -0.15) is 0 Å². The largest absolute Gasteiger partial charge is 0.388 e. The fourth-order valence-corrected chi connectivity index (χ4v) is 5.15. The van der Waals surface area contributed by atoms with E-state index in [4.69, 9.17) is 4.74 Å². The molecule has 0 spiro atoms. The molecule has 9 heteroatoms. The van der Waals surface area contributed by atoms with E-state index in [9.17, 15) is 28.6 Å². The standard InChI is InChI=1S/C34H50F2N2O5/c1-6-9-10-11-23(4)21-43-22-31(39)32(40)30(18-25-16-28(35)20-29(36)17-25)37-33(41)26-14-24(5)15-27(19-26)34(42)38(12-7-2)13-8-3/h14-17,19-20,23,30-32,39-40H,6-13,18,21-22H2,1-5H3,(H,37,41)/t23?,30-,31?,32+/m0/s1. The third kappa shape index (κ3) is 12.3. The Balaban J connectivity index is 2.24. The highest BCUT2D eigenvalue weighted by Crippen LogP contribution is 2.17. The number of hydrogen-bond donors (Lipinski definition) is 3. The fraction of sp³-hybridized carbons (Fsp3) is 0.588. The molecule has 4 atom stereocenters. The van der Waals surface area contributed by atoms with E-state index in [-0.39, 0.29) is 36.0 Å². The minimum absolute atomic E-state index is 0.148. The van der Waals surface area contributed by atoms with E-state index in [2.05, 4.69) is 19.2 Å². The Kier molecular flexibility index (Phi) is 15.8. The van der Waals surface area contributed by atoms with Gasteiger partial charge >= 0.3 is 0 Å². The molecule has 0 saturated carbocycles. The van der Waals surface area contributed by atoms with Crippen LogP contribution in [0, 0.1) is 24.5 Å². The van der Waals surface area contributed by atoms with Crippen LogP contribution in [-0.2, 0) is 11.2 Å². The fourth-order valence-electron chi connectivity index (χ4n) is 5.15. The van der Waals surface area contributed by atoms with Crippen LogP contribution in [0.2, 0.25) is 0 Å². The Morgan fingerprint density at radius 3 is 2.12 bits per heavy atom. The van der Waals surface area contributed by atoms with Crippen molar-refractivity contribution in [2.45, 2.75) is 97.8 Å². The number of halogens is 2. The van der Waals surface area contributed by atoms with Crippen molar-refractivity contribution in [2.75, 3.05) is 26.3 Å². The molecule has 0 aromatic heterocycles. The molecule has 2 unspecified atom stereocenters. The van der Waals surface area contributed by atoms with Gasteiger partial charge in [0, 0.05) is 36.9 Å². The molecular weight excluding hydrogens is 554 g/mol. The molecular formula is C34H50F2N2O5. The lowest BCUT2D eigenvalue weighted by atomic mass is 9.96. The number of benzene rings is 2. The number of nitrogens with zero attached hydrogens (tertiary/aromatic N) is 1. The van der Waals surface area contributed by atoms with Crippen LogP contribution in [0.1, 0.15) is 98.1 Å². The molecule has 240 valence electrons. The van der Waals surface area contributed by atoms with Crippen molar-refractivity contribution in [3.8, 4) is 0 Å². The van der Waals surface area contributed by atoms with Gasteiger partial charge in [0.25, 0.3) is 11.8 Å². The topological polar surface area (TPSA) is 99.1 Å². The number of carbonyl (C=O) groups is 2. The lowest BCUT2D eigenvalue weighted by Gasteiger charge is -2.28. The molecule has 2 rings (SSSR count). The summed E-state index contributed by atoms with van der Waals surface area (Å²) in [5.41, 5.74) is 1.48. The summed E-state index contributed by atoms with van der Waals surface area (Å²) in [6, 6.07) is 6.73. The highest BCUT2D eigenvalue weighted by Gasteiger charge is 2.29. The number of aryl methyl sites for hydroxylation is 1. The van der Waals surface area contributed by atoms with Crippen molar-refractivity contribution in [1.29, 1.82) is 0 Å². The van der Waals surface area contributed by atoms with Crippen molar-refractivity contribution in [3.05, 3.63) is 70.3 Å². The Hall–Kier alpha value is -2.88. The molecule has 7 nitrogen and oxygen atoms in total. The van der Waals surface area contributed by atoms with Crippen LogP contribution in [0.3, 0.4) is 0 Å². The predicted molar refractivity (Wildman–Crippen MR) is 165 cm³/mol. The highest BCUT2D eigenvalue weighted by atomic mass is 19.1. The van der Waals surface area contributed by atoms with Crippen molar-refractivity contribution >= 4 is 11.8 Å².